The van der Waals surface area contributed by atoms with Gasteiger partial charge < -0.3 is 23.4 Å². The van der Waals surface area contributed by atoms with E-state index in [-0.39, 0.29) is 29.7 Å². The number of benzene rings is 1. The highest BCUT2D eigenvalue weighted by molar-refractivity contribution is 6.06. The van der Waals surface area contributed by atoms with Crippen LogP contribution in [0.3, 0.4) is 0 Å². The number of aryl methyl sites for hydroxylation is 1. The second kappa shape index (κ2) is 3.99. The van der Waals surface area contributed by atoms with Gasteiger partial charge in [-0.05, 0) is 12.0 Å². The van der Waals surface area contributed by atoms with Gasteiger partial charge in [-0.15, -0.1) is 0 Å². The van der Waals surface area contributed by atoms with Gasteiger partial charge in [-0.1, -0.05) is 0 Å². The second-order valence-corrected chi connectivity index (χ2v) is 6.48. The topological polar surface area (TPSA) is 87.5 Å². The maximum absolute atomic E-state index is 12.4. The zero-order valence-electron chi connectivity index (χ0n) is 12.7. The third-order valence-electron chi connectivity index (χ3n) is 5.32. The lowest BCUT2D eigenvalue weighted by Gasteiger charge is -2.13. The van der Waals surface area contributed by atoms with Gasteiger partial charge in [0.25, 0.3) is 0 Å². The van der Waals surface area contributed by atoms with Crippen molar-refractivity contribution < 1.29 is 28.2 Å². The van der Waals surface area contributed by atoms with Gasteiger partial charge in [0.05, 0.1) is 24.0 Å². The van der Waals surface area contributed by atoms with Crippen LogP contribution < -0.4 is 15.1 Å². The maximum Gasteiger partial charge on any atom is 0.347 e. The molecule has 0 saturated carbocycles. The van der Waals surface area contributed by atoms with E-state index in [1.54, 1.807) is 13.2 Å². The van der Waals surface area contributed by atoms with Gasteiger partial charge in [0.2, 0.25) is 6.29 Å². The normalized spacial score (nSPS) is 31.5. The van der Waals surface area contributed by atoms with Crippen molar-refractivity contribution in [1.29, 1.82) is 0 Å². The molecule has 1 aromatic carbocycles. The number of epoxide rings is 1. The number of hydrogen-bond donors (Lipinski definition) is 0. The fraction of sp³-hybridized carbons (Fsp3) is 0.412. The molecule has 2 fully saturated rings. The molecule has 0 radical (unpaired) electrons. The minimum Gasteiger partial charge on any atom is -0.496 e. The van der Waals surface area contributed by atoms with Crippen LogP contribution in [0.25, 0.3) is 11.0 Å². The Labute approximate surface area is 135 Å². The summed E-state index contributed by atoms with van der Waals surface area (Å²) in [6.07, 6.45) is 0.0820. The molecular weight excluding hydrogens is 316 g/mol. The summed E-state index contributed by atoms with van der Waals surface area (Å²) in [4.78, 5) is 24.4. The number of hydrogen-bond acceptors (Lipinski definition) is 7. The predicted octanol–water partition coefficient (Wildman–Crippen LogP) is 1.49. The van der Waals surface area contributed by atoms with E-state index in [4.69, 9.17) is 23.4 Å². The summed E-state index contributed by atoms with van der Waals surface area (Å²) in [5.74, 6) is 0.811. The summed E-state index contributed by atoms with van der Waals surface area (Å²) >= 11 is 0. The predicted molar refractivity (Wildman–Crippen MR) is 78.6 cm³/mol. The van der Waals surface area contributed by atoms with Crippen LogP contribution in [-0.2, 0) is 15.9 Å². The first-order valence-electron chi connectivity index (χ1n) is 7.88. The Morgan fingerprint density at radius 2 is 2.04 bits per heavy atom. The average Bonchev–Trinajstić information content (AvgIpc) is 2.91. The molecule has 0 amide bonds. The van der Waals surface area contributed by atoms with Crippen LogP contribution in [0.5, 0.6) is 11.5 Å². The fourth-order valence-electron chi connectivity index (χ4n) is 4.25. The first-order chi connectivity index (χ1) is 11.7. The lowest BCUT2D eigenvalue weighted by atomic mass is 9.93. The van der Waals surface area contributed by atoms with Crippen LogP contribution in [0, 0.1) is 0 Å². The first kappa shape index (κ1) is 13.0. The highest BCUT2D eigenvalue weighted by atomic mass is 16.8. The highest BCUT2D eigenvalue weighted by Crippen LogP contribution is 2.57. The Morgan fingerprint density at radius 3 is 2.88 bits per heavy atom. The Bertz CT molecular complexity index is 1000. The molecule has 3 aliphatic heterocycles. The molecule has 1 aromatic heterocycles. The number of methoxy groups -OCH3 is 1. The Kier molecular flexibility index (Phi) is 2.15. The molecule has 6 rings (SSSR count). The number of ketones is 1. The number of Topliss-reactive ketones (excluding diaryl/α,β-unsaturated/α-hetero) is 1. The number of carbonyl (C=O) groups excluding carboxylic acids is 1. The van der Waals surface area contributed by atoms with Crippen molar-refractivity contribution in [3.63, 3.8) is 0 Å². The number of ether oxygens (including phenoxy) is 4. The van der Waals surface area contributed by atoms with Gasteiger partial charge in [-0.3, -0.25) is 4.79 Å². The van der Waals surface area contributed by atoms with Gasteiger partial charge >= 0.3 is 5.63 Å². The number of rotatable bonds is 1. The maximum atomic E-state index is 12.4. The van der Waals surface area contributed by atoms with Crippen LogP contribution in [0.1, 0.15) is 33.8 Å². The molecule has 1 aliphatic carbocycles. The van der Waals surface area contributed by atoms with E-state index in [9.17, 15) is 9.59 Å². The third kappa shape index (κ3) is 1.36. The van der Waals surface area contributed by atoms with Crippen molar-refractivity contribution in [3.05, 3.63) is 33.2 Å². The summed E-state index contributed by atoms with van der Waals surface area (Å²) in [7, 11) is 1.54. The van der Waals surface area contributed by atoms with Crippen LogP contribution >= 0.6 is 0 Å². The summed E-state index contributed by atoms with van der Waals surface area (Å²) in [5.41, 5.74) is 1.47. The number of carbonyl (C=O) groups is 1. The Morgan fingerprint density at radius 1 is 1.17 bits per heavy atom. The zero-order chi connectivity index (χ0) is 16.2. The van der Waals surface area contributed by atoms with E-state index in [0.29, 0.717) is 40.9 Å². The summed E-state index contributed by atoms with van der Waals surface area (Å²) in [5, 5.41) is 0.685. The first-order valence-corrected chi connectivity index (χ1v) is 7.88. The minimum absolute atomic E-state index is 0.0759. The molecule has 7 nitrogen and oxygen atoms in total. The van der Waals surface area contributed by atoms with E-state index in [2.05, 4.69) is 0 Å². The van der Waals surface area contributed by atoms with Crippen LogP contribution in [-0.4, -0.2) is 31.6 Å². The molecule has 7 heteroatoms. The van der Waals surface area contributed by atoms with E-state index in [0.717, 1.165) is 5.56 Å². The smallest absolute Gasteiger partial charge is 0.347 e. The van der Waals surface area contributed by atoms with Gasteiger partial charge in [-0.25, -0.2) is 4.79 Å². The van der Waals surface area contributed by atoms with Crippen molar-refractivity contribution in [2.24, 2.45) is 0 Å². The third-order valence-corrected chi connectivity index (χ3v) is 5.32. The van der Waals surface area contributed by atoms with Gasteiger partial charge in [-0.2, -0.15) is 0 Å². The molecule has 0 bridgehead atoms. The van der Waals surface area contributed by atoms with Crippen LogP contribution in [0.4, 0.5) is 0 Å². The fourth-order valence-corrected chi connectivity index (χ4v) is 4.25. The SMILES string of the molecule is COc1cc2c(c3oc(=O)c4c(c13)CCC4=O)[C@@H]1[C@H](O2)O[C@H]2O[C@H]21. The van der Waals surface area contributed by atoms with Crippen molar-refractivity contribution in [2.75, 3.05) is 7.11 Å². The molecule has 2 saturated heterocycles. The minimum atomic E-state index is -0.592. The molecule has 4 atom stereocenters. The quantitative estimate of drug-likeness (QED) is 0.579. The van der Waals surface area contributed by atoms with E-state index >= 15 is 0 Å². The second-order valence-electron chi connectivity index (χ2n) is 6.48. The lowest BCUT2D eigenvalue weighted by molar-refractivity contribution is -0.109. The summed E-state index contributed by atoms with van der Waals surface area (Å²) in [6.45, 7) is 0. The van der Waals surface area contributed by atoms with E-state index in [1.807, 2.05) is 0 Å². The zero-order valence-corrected chi connectivity index (χ0v) is 12.7. The van der Waals surface area contributed by atoms with Crippen LogP contribution in [0.15, 0.2) is 15.3 Å². The van der Waals surface area contributed by atoms with Crippen molar-refractivity contribution in [1.82, 2.24) is 0 Å². The number of fused-ring (bicyclic) bond motifs is 9. The Balaban J connectivity index is 1.74. The van der Waals surface area contributed by atoms with Crippen LogP contribution in [0.2, 0.25) is 0 Å². The summed E-state index contributed by atoms with van der Waals surface area (Å²) < 4.78 is 28.0. The van der Waals surface area contributed by atoms with E-state index < -0.39 is 11.9 Å². The largest absolute Gasteiger partial charge is 0.496 e. The van der Waals surface area contributed by atoms with Crippen molar-refractivity contribution in [3.8, 4) is 11.5 Å². The molecule has 4 heterocycles. The summed E-state index contributed by atoms with van der Waals surface area (Å²) in [6, 6.07) is 1.78. The standard InChI is InChI=1S/C17H12O7/c1-20-7-4-8-11(12-14-17(23-14)24-16(12)21-8)13-10(7)5-2-3-6(18)9(5)15(19)22-13/h4,12,14,16-17H,2-3H2,1H3/t12-,14-,16+,17+/m0/s1. The van der Waals surface area contributed by atoms with E-state index in [1.165, 1.54) is 0 Å². The molecule has 0 N–H and O–H groups in total. The van der Waals surface area contributed by atoms with Gasteiger partial charge in [0, 0.05) is 12.5 Å². The Hall–Kier alpha value is -2.38. The van der Waals surface area contributed by atoms with Gasteiger partial charge in [0.15, 0.2) is 12.1 Å². The average molecular weight is 328 g/mol. The highest BCUT2D eigenvalue weighted by Gasteiger charge is 2.63. The molecule has 24 heavy (non-hydrogen) atoms. The molecular formula is C17H12O7. The molecule has 2 aromatic rings. The van der Waals surface area contributed by atoms with Gasteiger partial charge in [0.1, 0.15) is 28.7 Å². The lowest BCUT2D eigenvalue weighted by Crippen LogP contribution is -2.19. The molecule has 4 aliphatic rings. The van der Waals surface area contributed by atoms with Crippen molar-refractivity contribution in [2.45, 2.75) is 37.4 Å². The van der Waals surface area contributed by atoms with Crippen molar-refractivity contribution >= 4 is 16.8 Å². The molecule has 0 unspecified atom stereocenters. The molecule has 0 spiro atoms. The molecule has 122 valence electrons. The monoisotopic (exact) mass is 328 g/mol.